The van der Waals surface area contributed by atoms with Crippen LogP contribution in [0.25, 0.3) is 11.0 Å². The highest BCUT2D eigenvalue weighted by Crippen LogP contribution is 2.27. The van der Waals surface area contributed by atoms with Crippen molar-refractivity contribution in [2.45, 2.75) is 58.0 Å². The number of aryl methyl sites for hydroxylation is 2. The van der Waals surface area contributed by atoms with Crippen LogP contribution in [0, 0.1) is 0 Å². The second-order valence-electron chi connectivity index (χ2n) is 7.83. The molecule has 1 aliphatic heterocycles. The Bertz CT molecular complexity index is 844. The minimum atomic E-state index is 0.382. The zero-order valence-electron chi connectivity index (χ0n) is 16.5. The van der Waals surface area contributed by atoms with Crippen LogP contribution in [-0.2, 0) is 13.0 Å². The Hall–Kier alpha value is -2.13. The van der Waals surface area contributed by atoms with E-state index in [1.54, 1.807) is 0 Å². The van der Waals surface area contributed by atoms with Gasteiger partial charge in [-0.1, -0.05) is 55.3 Å². The number of hydrogen-bond donors (Lipinski definition) is 0. The number of rotatable bonds is 6. The summed E-state index contributed by atoms with van der Waals surface area (Å²) in [6, 6.07) is 19.8. The fraction of sp³-hybridized carbons (Fsp3) is 0.458. The molecule has 1 aromatic heterocycles. The van der Waals surface area contributed by atoms with Gasteiger partial charge in [0.1, 0.15) is 5.82 Å². The number of hydrogen-bond acceptors (Lipinski definition) is 2. The lowest BCUT2D eigenvalue weighted by Crippen LogP contribution is -2.30. The van der Waals surface area contributed by atoms with E-state index in [0.717, 1.165) is 24.9 Å². The summed E-state index contributed by atoms with van der Waals surface area (Å²) in [6.07, 6.45) is 7.64. The third-order valence-electron chi connectivity index (χ3n) is 5.94. The molecule has 3 nitrogen and oxygen atoms in total. The zero-order valence-corrected chi connectivity index (χ0v) is 16.5. The van der Waals surface area contributed by atoms with E-state index >= 15 is 0 Å². The Morgan fingerprint density at radius 1 is 0.889 bits per heavy atom. The highest BCUT2D eigenvalue weighted by Gasteiger charge is 2.23. The molecule has 4 rings (SSSR count). The van der Waals surface area contributed by atoms with Crippen LogP contribution in [0.3, 0.4) is 0 Å². The van der Waals surface area contributed by atoms with Gasteiger partial charge in [0, 0.05) is 6.54 Å². The third kappa shape index (κ3) is 4.24. The fourth-order valence-electron chi connectivity index (χ4n) is 4.38. The molecule has 1 fully saturated rings. The molecule has 27 heavy (non-hydrogen) atoms. The molecule has 1 aliphatic rings. The number of imidazole rings is 1. The number of nitrogens with zero attached hydrogens (tertiary/aromatic N) is 3. The number of aromatic nitrogens is 2. The van der Waals surface area contributed by atoms with Crippen LogP contribution in [-0.4, -0.2) is 27.5 Å². The van der Waals surface area contributed by atoms with E-state index in [1.807, 2.05) is 0 Å². The Kier molecular flexibility index (Phi) is 5.88. The lowest BCUT2D eigenvalue weighted by Gasteiger charge is -2.27. The maximum atomic E-state index is 5.07. The average molecular weight is 362 g/mol. The maximum Gasteiger partial charge on any atom is 0.127 e. The van der Waals surface area contributed by atoms with Gasteiger partial charge in [-0.3, -0.25) is 4.90 Å². The van der Waals surface area contributed by atoms with Crippen molar-refractivity contribution < 1.29 is 0 Å². The molecule has 0 amide bonds. The molecule has 3 aromatic rings. The lowest BCUT2D eigenvalue weighted by molar-refractivity contribution is 0.207. The number of benzene rings is 2. The van der Waals surface area contributed by atoms with Gasteiger partial charge in [0.2, 0.25) is 0 Å². The minimum absolute atomic E-state index is 0.382. The largest absolute Gasteiger partial charge is 0.327 e. The van der Waals surface area contributed by atoms with Gasteiger partial charge < -0.3 is 4.57 Å². The standard InChI is InChI=1S/C24H31N3/c1-20(26-17-9-2-3-10-18-26)24-25-22-15-7-8-16-23(22)27(24)19-11-14-21-12-5-4-6-13-21/h4-8,12-13,15-16,20H,2-3,9-11,14,17-19H2,1H3. The first-order valence-corrected chi connectivity index (χ1v) is 10.6. The monoisotopic (exact) mass is 361 g/mol. The minimum Gasteiger partial charge on any atom is -0.327 e. The van der Waals surface area contributed by atoms with E-state index in [0.29, 0.717) is 6.04 Å². The third-order valence-corrected chi connectivity index (χ3v) is 5.94. The fourth-order valence-corrected chi connectivity index (χ4v) is 4.38. The lowest BCUT2D eigenvalue weighted by atomic mass is 10.1. The summed E-state index contributed by atoms with van der Waals surface area (Å²) in [4.78, 5) is 7.71. The highest BCUT2D eigenvalue weighted by atomic mass is 15.2. The normalized spacial score (nSPS) is 17.1. The van der Waals surface area contributed by atoms with Crippen molar-refractivity contribution in [3.05, 3.63) is 66.0 Å². The molecule has 0 bridgehead atoms. The smallest absolute Gasteiger partial charge is 0.127 e. The van der Waals surface area contributed by atoms with E-state index in [2.05, 4.69) is 71.0 Å². The molecule has 1 unspecified atom stereocenters. The van der Waals surface area contributed by atoms with Gasteiger partial charge >= 0.3 is 0 Å². The average Bonchev–Trinajstić information content (AvgIpc) is 2.88. The summed E-state index contributed by atoms with van der Waals surface area (Å²) < 4.78 is 2.48. The molecule has 0 saturated carbocycles. The molecule has 142 valence electrons. The Balaban J connectivity index is 1.56. The van der Waals surface area contributed by atoms with Gasteiger partial charge in [-0.15, -0.1) is 0 Å². The SMILES string of the molecule is CC(c1nc2ccccc2n1CCCc1ccccc1)N1CCCCCC1. The molecule has 1 atom stereocenters. The molecule has 1 saturated heterocycles. The Labute approximate surface area is 163 Å². The topological polar surface area (TPSA) is 21.1 Å². The van der Waals surface area contributed by atoms with Crippen LogP contribution in [0.15, 0.2) is 54.6 Å². The van der Waals surface area contributed by atoms with Crippen molar-refractivity contribution >= 4 is 11.0 Å². The first kappa shape index (κ1) is 18.2. The van der Waals surface area contributed by atoms with Gasteiger partial charge in [0.15, 0.2) is 0 Å². The van der Waals surface area contributed by atoms with Gasteiger partial charge in [-0.25, -0.2) is 4.98 Å². The van der Waals surface area contributed by atoms with Crippen LogP contribution in [0.2, 0.25) is 0 Å². The van der Waals surface area contributed by atoms with Crippen LogP contribution in [0.5, 0.6) is 0 Å². The molecule has 2 aromatic carbocycles. The van der Waals surface area contributed by atoms with Crippen LogP contribution in [0.1, 0.15) is 56.5 Å². The number of fused-ring (bicyclic) bond motifs is 1. The summed E-state index contributed by atoms with van der Waals surface area (Å²) in [7, 11) is 0. The number of likely N-dealkylation sites (tertiary alicyclic amines) is 1. The first-order valence-electron chi connectivity index (χ1n) is 10.6. The van der Waals surface area contributed by atoms with Gasteiger partial charge in [0.25, 0.3) is 0 Å². The van der Waals surface area contributed by atoms with Gasteiger partial charge in [-0.05, 0) is 63.4 Å². The maximum absolute atomic E-state index is 5.07. The molecular weight excluding hydrogens is 330 g/mol. The molecule has 3 heteroatoms. The Morgan fingerprint density at radius 2 is 1.59 bits per heavy atom. The van der Waals surface area contributed by atoms with E-state index in [1.165, 1.54) is 55.7 Å². The van der Waals surface area contributed by atoms with Crippen LogP contribution >= 0.6 is 0 Å². The van der Waals surface area contributed by atoms with Crippen molar-refractivity contribution in [2.75, 3.05) is 13.1 Å². The van der Waals surface area contributed by atoms with Crippen LogP contribution in [0.4, 0.5) is 0 Å². The summed E-state index contributed by atoms with van der Waals surface area (Å²) in [5.41, 5.74) is 3.83. The molecule has 0 N–H and O–H groups in total. The van der Waals surface area contributed by atoms with Crippen molar-refractivity contribution in [2.24, 2.45) is 0 Å². The molecule has 2 heterocycles. The molecular formula is C24H31N3. The van der Waals surface area contributed by atoms with E-state index in [9.17, 15) is 0 Å². The Morgan fingerprint density at radius 3 is 2.37 bits per heavy atom. The predicted molar refractivity (Wildman–Crippen MR) is 113 cm³/mol. The summed E-state index contributed by atoms with van der Waals surface area (Å²) >= 11 is 0. The predicted octanol–water partition coefficient (Wildman–Crippen LogP) is 5.61. The van der Waals surface area contributed by atoms with Crippen molar-refractivity contribution in [1.29, 1.82) is 0 Å². The second-order valence-corrected chi connectivity index (χ2v) is 7.83. The van der Waals surface area contributed by atoms with Crippen LogP contribution < -0.4 is 0 Å². The van der Waals surface area contributed by atoms with Crippen molar-refractivity contribution in [3.8, 4) is 0 Å². The van der Waals surface area contributed by atoms with E-state index in [4.69, 9.17) is 4.98 Å². The molecule has 0 aliphatic carbocycles. The summed E-state index contributed by atoms with van der Waals surface area (Å²) in [5.74, 6) is 1.24. The summed E-state index contributed by atoms with van der Waals surface area (Å²) in [5, 5.41) is 0. The molecule has 0 radical (unpaired) electrons. The van der Waals surface area contributed by atoms with Crippen molar-refractivity contribution in [1.82, 2.24) is 14.5 Å². The summed E-state index contributed by atoms with van der Waals surface area (Å²) in [6.45, 7) is 5.78. The quantitative estimate of drug-likeness (QED) is 0.569. The van der Waals surface area contributed by atoms with Crippen molar-refractivity contribution in [3.63, 3.8) is 0 Å². The zero-order chi connectivity index (χ0) is 18.5. The number of para-hydroxylation sites is 2. The first-order chi connectivity index (χ1) is 13.3. The van der Waals surface area contributed by atoms with Gasteiger partial charge in [0.05, 0.1) is 17.1 Å². The molecule has 0 spiro atoms. The second kappa shape index (κ2) is 8.71. The van der Waals surface area contributed by atoms with E-state index < -0.39 is 0 Å². The van der Waals surface area contributed by atoms with E-state index in [-0.39, 0.29) is 0 Å². The van der Waals surface area contributed by atoms with Gasteiger partial charge in [-0.2, -0.15) is 0 Å². The highest BCUT2D eigenvalue weighted by molar-refractivity contribution is 5.76.